The van der Waals surface area contributed by atoms with Gasteiger partial charge in [-0.1, -0.05) is 13.0 Å². The van der Waals surface area contributed by atoms with Crippen LogP contribution in [0.25, 0.3) is 20.4 Å². The van der Waals surface area contributed by atoms with Crippen molar-refractivity contribution in [3.05, 3.63) is 52.0 Å². The second kappa shape index (κ2) is 5.41. The third kappa shape index (κ3) is 2.51. The molecule has 0 saturated heterocycles. The number of benzene rings is 1. The standard InChI is InChI=1S/C17H15N3S2/c1-10(15-9-13-5-6-18-20-17(13)22-15)7-12-3-4-14-16(8-12)21-11(2)19-14/h3-6,8-10H,7H2,1-2H3. The van der Waals surface area contributed by atoms with Crippen LogP contribution in [0.4, 0.5) is 0 Å². The molecule has 1 aromatic carbocycles. The Hall–Kier alpha value is -1.85. The average Bonchev–Trinajstić information content (AvgIpc) is 3.08. The summed E-state index contributed by atoms with van der Waals surface area (Å²) in [5, 5.41) is 10.5. The molecule has 4 aromatic rings. The van der Waals surface area contributed by atoms with E-state index in [1.807, 2.05) is 6.07 Å². The number of fused-ring (bicyclic) bond motifs is 2. The van der Waals surface area contributed by atoms with Crippen LogP contribution in [-0.4, -0.2) is 15.2 Å². The van der Waals surface area contributed by atoms with Gasteiger partial charge in [0.15, 0.2) is 0 Å². The van der Waals surface area contributed by atoms with E-state index in [0.29, 0.717) is 5.92 Å². The van der Waals surface area contributed by atoms with Crippen molar-refractivity contribution in [3.63, 3.8) is 0 Å². The van der Waals surface area contributed by atoms with Crippen LogP contribution in [0.5, 0.6) is 0 Å². The fourth-order valence-corrected chi connectivity index (χ4v) is 4.64. The Labute approximate surface area is 136 Å². The van der Waals surface area contributed by atoms with Gasteiger partial charge in [-0.05, 0) is 49.1 Å². The van der Waals surface area contributed by atoms with Crippen LogP contribution >= 0.6 is 22.7 Å². The van der Waals surface area contributed by atoms with Crippen LogP contribution in [0, 0.1) is 6.92 Å². The molecular weight excluding hydrogens is 310 g/mol. The minimum Gasteiger partial charge on any atom is -0.242 e. The Kier molecular flexibility index (Phi) is 3.39. The predicted octanol–water partition coefficient (Wildman–Crippen LogP) is 4.96. The van der Waals surface area contributed by atoms with Gasteiger partial charge in [0, 0.05) is 10.3 Å². The SMILES string of the molecule is Cc1nc2ccc(CC(C)c3cc4ccnnc4s3)cc2s1. The molecule has 5 heteroatoms. The molecule has 0 spiro atoms. The molecule has 0 bridgehead atoms. The van der Waals surface area contributed by atoms with Crippen LogP contribution in [0.2, 0.25) is 0 Å². The zero-order valence-corrected chi connectivity index (χ0v) is 14.0. The molecule has 110 valence electrons. The molecule has 3 nitrogen and oxygen atoms in total. The smallest absolute Gasteiger partial charge is 0.146 e. The first-order valence-corrected chi connectivity index (χ1v) is 8.89. The molecular formula is C17H15N3S2. The Balaban J connectivity index is 1.62. The Morgan fingerprint density at radius 3 is 2.91 bits per heavy atom. The van der Waals surface area contributed by atoms with Crippen molar-refractivity contribution < 1.29 is 0 Å². The second-order valence-electron chi connectivity index (χ2n) is 5.58. The van der Waals surface area contributed by atoms with Gasteiger partial charge in [-0.25, -0.2) is 4.98 Å². The normalized spacial score (nSPS) is 13.0. The molecule has 3 aromatic heterocycles. The molecule has 0 radical (unpaired) electrons. The summed E-state index contributed by atoms with van der Waals surface area (Å²) in [6, 6.07) is 10.9. The first-order chi connectivity index (χ1) is 10.7. The van der Waals surface area contributed by atoms with Crippen molar-refractivity contribution in [1.82, 2.24) is 15.2 Å². The van der Waals surface area contributed by atoms with E-state index in [-0.39, 0.29) is 0 Å². The van der Waals surface area contributed by atoms with Crippen LogP contribution < -0.4 is 0 Å². The van der Waals surface area contributed by atoms with Gasteiger partial charge in [0.2, 0.25) is 0 Å². The van der Waals surface area contributed by atoms with E-state index in [1.165, 1.54) is 20.5 Å². The maximum Gasteiger partial charge on any atom is 0.146 e. The van der Waals surface area contributed by atoms with Gasteiger partial charge in [-0.2, -0.15) is 5.10 Å². The predicted molar refractivity (Wildman–Crippen MR) is 93.9 cm³/mol. The van der Waals surface area contributed by atoms with Crippen molar-refractivity contribution in [2.75, 3.05) is 0 Å². The maximum atomic E-state index is 4.53. The van der Waals surface area contributed by atoms with Crippen LogP contribution in [0.1, 0.15) is 28.3 Å². The summed E-state index contributed by atoms with van der Waals surface area (Å²) in [6.07, 6.45) is 2.79. The zero-order chi connectivity index (χ0) is 15.1. The van der Waals surface area contributed by atoms with E-state index >= 15 is 0 Å². The minimum atomic E-state index is 0.477. The highest BCUT2D eigenvalue weighted by Gasteiger charge is 2.12. The summed E-state index contributed by atoms with van der Waals surface area (Å²) in [7, 11) is 0. The van der Waals surface area contributed by atoms with E-state index in [9.17, 15) is 0 Å². The molecule has 3 heterocycles. The molecule has 1 unspecified atom stereocenters. The van der Waals surface area contributed by atoms with E-state index in [2.05, 4.69) is 53.3 Å². The van der Waals surface area contributed by atoms with Gasteiger partial charge in [-0.15, -0.1) is 27.8 Å². The molecule has 0 aliphatic rings. The summed E-state index contributed by atoms with van der Waals surface area (Å²) in [5.74, 6) is 0.477. The molecule has 4 rings (SSSR count). The van der Waals surface area contributed by atoms with Gasteiger partial charge >= 0.3 is 0 Å². The summed E-state index contributed by atoms with van der Waals surface area (Å²) in [4.78, 5) is 6.92. The lowest BCUT2D eigenvalue weighted by atomic mass is 9.99. The lowest BCUT2D eigenvalue weighted by Crippen LogP contribution is -1.95. The van der Waals surface area contributed by atoms with Gasteiger partial charge < -0.3 is 0 Å². The number of hydrogen-bond acceptors (Lipinski definition) is 5. The van der Waals surface area contributed by atoms with Crippen LogP contribution in [-0.2, 0) is 6.42 Å². The fraction of sp³-hybridized carbons (Fsp3) is 0.235. The van der Waals surface area contributed by atoms with E-state index in [4.69, 9.17) is 0 Å². The molecule has 1 atom stereocenters. The summed E-state index contributed by atoms with van der Waals surface area (Å²) < 4.78 is 1.28. The number of hydrogen-bond donors (Lipinski definition) is 0. The van der Waals surface area contributed by atoms with Gasteiger partial charge in [0.25, 0.3) is 0 Å². The van der Waals surface area contributed by atoms with Gasteiger partial charge in [0.05, 0.1) is 21.4 Å². The quantitative estimate of drug-likeness (QED) is 0.534. The number of aryl methyl sites for hydroxylation is 1. The highest BCUT2D eigenvalue weighted by Crippen LogP contribution is 2.32. The fourth-order valence-electron chi connectivity index (χ4n) is 2.72. The minimum absolute atomic E-state index is 0.477. The van der Waals surface area contributed by atoms with Crippen molar-refractivity contribution in [3.8, 4) is 0 Å². The van der Waals surface area contributed by atoms with E-state index in [1.54, 1.807) is 28.9 Å². The molecule has 0 aliphatic heterocycles. The molecule has 0 fully saturated rings. The highest BCUT2D eigenvalue weighted by molar-refractivity contribution is 7.18. The lowest BCUT2D eigenvalue weighted by molar-refractivity contribution is 0.776. The second-order valence-corrected chi connectivity index (χ2v) is 7.88. The number of rotatable bonds is 3. The number of aromatic nitrogens is 3. The Morgan fingerprint density at radius 2 is 2.05 bits per heavy atom. The average molecular weight is 325 g/mol. The third-order valence-electron chi connectivity index (χ3n) is 3.82. The zero-order valence-electron chi connectivity index (χ0n) is 12.4. The molecule has 0 aliphatic carbocycles. The number of thiophene rings is 1. The van der Waals surface area contributed by atoms with E-state index < -0.39 is 0 Å². The largest absolute Gasteiger partial charge is 0.242 e. The van der Waals surface area contributed by atoms with Crippen molar-refractivity contribution in [2.24, 2.45) is 0 Å². The molecule has 0 amide bonds. The molecule has 0 N–H and O–H groups in total. The summed E-state index contributed by atoms with van der Waals surface area (Å²) in [5.41, 5.74) is 2.48. The van der Waals surface area contributed by atoms with Crippen LogP contribution in [0.3, 0.4) is 0 Å². The number of nitrogens with zero attached hydrogens (tertiary/aromatic N) is 3. The van der Waals surface area contributed by atoms with Gasteiger partial charge in [0.1, 0.15) is 4.83 Å². The Bertz CT molecular complexity index is 922. The number of thiazole rings is 1. The summed E-state index contributed by atoms with van der Waals surface area (Å²) in [6.45, 7) is 4.34. The first-order valence-electron chi connectivity index (χ1n) is 7.26. The molecule has 22 heavy (non-hydrogen) atoms. The first kappa shape index (κ1) is 13.8. The van der Waals surface area contributed by atoms with Crippen LogP contribution in [0.15, 0.2) is 36.5 Å². The molecule has 0 saturated carbocycles. The Morgan fingerprint density at radius 1 is 1.14 bits per heavy atom. The monoisotopic (exact) mass is 325 g/mol. The van der Waals surface area contributed by atoms with Crippen molar-refractivity contribution in [2.45, 2.75) is 26.2 Å². The van der Waals surface area contributed by atoms with E-state index in [0.717, 1.165) is 21.8 Å². The summed E-state index contributed by atoms with van der Waals surface area (Å²) >= 11 is 3.52. The van der Waals surface area contributed by atoms with Crippen molar-refractivity contribution >= 4 is 43.1 Å². The third-order valence-corrected chi connectivity index (χ3v) is 6.02. The topological polar surface area (TPSA) is 38.7 Å². The van der Waals surface area contributed by atoms with Gasteiger partial charge in [-0.3, -0.25) is 0 Å². The van der Waals surface area contributed by atoms with Crippen molar-refractivity contribution in [1.29, 1.82) is 0 Å². The maximum absolute atomic E-state index is 4.53. The highest BCUT2D eigenvalue weighted by atomic mass is 32.1. The lowest BCUT2D eigenvalue weighted by Gasteiger charge is -2.09.